The summed E-state index contributed by atoms with van der Waals surface area (Å²) in [6.07, 6.45) is 0. The molecule has 0 fully saturated rings. The van der Waals surface area contributed by atoms with Crippen LogP contribution in [-0.4, -0.2) is 11.0 Å². The van der Waals surface area contributed by atoms with Gasteiger partial charge in [-0.25, -0.2) is 10.4 Å². The minimum atomic E-state index is 0.659. The average molecular weight is 206 g/mol. The van der Waals surface area contributed by atoms with E-state index in [-0.39, 0.29) is 0 Å². The number of guanidine groups is 1. The third-order valence-electron chi connectivity index (χ3n) is 1.61. The van der Waals surface area contributed by atoms with E-state index in [0.29, 0.717) is 5.96 Å². The first-order valence-corrected chi connectivity index (χ1v) is 5.03. The van der Waals surface area contributed by atoms with Crippen molar-refractivity contribution in [3.63, 3.8) is 0 Å². The molecular weight excluding hydrogens is 196 g/mol. The van der Waals surface area contributed by atoms with Gasteiger partial charge in [-0.2, -0.15) is 5.10 Å². The molecule has 0 spiro atoms. The van der Waals surface area contributed by atoms with Crippen LogP contribution in [0.25, 0.3) is 0 Å². The van der Waals surface area contributed by atoms with Gasteiger partial charge in [0.15, 0.2) is 0 Å². The van der Waals surface area contributed by atoms with Crippen LogP contribution in [-0.2, 0) is 0 Å². The van der Waals surface area contributed by atoms with Gasteiger partial charge in [0, 0.05) is 11.9 Å². The first kappa shape index (κ1) is 9.08. The molecule has 1 heterocycles. The van der Waals surface area contributed by atoms with Gasteiger partial charge < -0.3 is 0 Å². The molecule has 0 amide bonds. The highest BCUT2D eigenvalue weighted by Crippen LogP contribution is 2.11. The number of para-hydroxylation sites is 1. The zero-order valence-electron chi connectivity index (χ0n) is 7.69. The lowest BCUT2D eigenvalue weighted by Crippen LogP contribution is -2.34. The van der Waals surface area contributed by atoms with Crippen LogP contribution in [0.5, 0.6) is 0 Å². The summed E-state index contributed by atoms with van der Waals surface area (Å²) in [6.45, 7) is 1.92. The van der Waals surface area contributed by atoms with Crippen LogP contribution in [0.1, 0.15) is 6.92 Å². The minimum absolute atomic E-state index is 0.659. The van der Waals surface area contributed by atoms with Gasteiger partial charge in [0.05, 0.1) is 5.69 Å². The number of benzene rings is 1. The Morgan fingerprint density at radius 1 is 1.29 bits per heavy atom. The van der Waals surface area contributed by atoms with Gasteiger partial charge in [-0.15, -0.1) is 0 Å². The predicted octanol–water partition coefficient (Wildman–Crippen LogP) is 1.85. The number of hydrogen-bond acceptors (Lipinski definition) is 3. The maximum Gasteiger partial charge on any atom is 0.227 e. The highest BCUT2D eigenvalue weighted by Gasteiger charge is 2.05. The van der Waals surface area contributed by atoms with E-state index in [1.165, 1.54) is 11.9 Å². The summed E-state index contributed by atoms with van der Waals surface area (Å²) in [6, 6.07) is 9.73. The van der Waals surface area contributed by atoms with Crippen molar-refractivity contribution in [2.24, 2.45) is 10.1 Å². The first-order chi connectivity index (χ1) is 6.84. The van der Waals surface area contributed by atoms with Crippen LogP contribution >= 0.6 is 11.9 Å². The first-order valence-electron chi connectivity index (χ1n) is 4.21. The highest BCUT2D eigenvalue weighted by atomic mass is 32.2. The third kappa shape index (κ3) is 2.26. The number of nitrogens with zero attached hydrogens (tertiary/aromatic N) is 2. The number of hydrogen-bond donors (Lipinski definition) is 2. The summed E-state index contributed by atoms with van der Waals surface area (Å²) in [5.41, 5.74) is 3.72. The zero-order chi connectivity index (χ0) is 9.80. The molecule has 72 valence electrons. The minimum Gasteiger partial charge on any atom is -0.293 e. The topological polar surface area (TPSA) is 48.8 Å². The van der Waals surface area contributed by atoms with Gasteiger partial charge in [0.25, 0.3) is 0 Å². The van der Waals surface area contributed by atoms with Crippen LogP contribution in [0.15, 0.2) is 40.4 Å². The molecule has 4 nitrogen and oxygen atoms in total. The fraction of sp³-hybridized carbons (Fsp3) is 0.111. The third-order valence-corrected chi connectivity index (χ3v) is 2.29. The van der Waals surface area contributed by atoms with E-state index >= 15 is 0 Å². The van der Waals surface area contributed by atoms with Crippen molar-refractivity contribution in [1.29, 1.82) is 0 Å². The largest absolute Gasteiger partial charge is 0.293 e. The molecule has 0 saturated heterocycles. The fourth-order valence-corrected chi connectivity index (χ4v) is 1.41. The predicted molar refractivity (Wildman–Crippen MR) is 60.5 cm³/mol. The number of aliphatic imine (C=N–C) groups is 1. The maximum absolute atomic E-state index is 4.32. The molecule has 0 radical (unpaired) electrons. The van der Waals surface area contributed by atoms with Crippen molar-refractivity contribution < 1.29 is 0 Å². The molecule has 5 heteroatoms. The Kier molecular flexibility index (Phi) is 2.69. The van der Waals surface area contributed by atoms with Gasteiger partial charge in [0.1, 0.15) is 5.04 Å². The summed E-state index contributed by atoms with van der Waals surface area (Å²) in [7, 11) is 0. The Morgan fingerprint density at radius 2 is 2.07 bits per heavy atom. The Labute approximate surface area is 86.6 Å². The Balaban J connectivity index is 2.13. The molecule has 1 aliphatic rings. The summed E-state index contributed by atoms with van der Waals surface area (Å²) < 4.78 is 3.04. The summed E-state index contributed by atoms with van der Waals surface area (Å²) >= 11 is 1.45. The Bertz CT molecular complexity index is 372. The molecule has 14 heavy (non-hydrogen) atoms. The molecular formula is C9H10N4S. The summed E-state index contributed by atoms with van der Waals surface area (Å²) in [5, 5.41) is 4.99. The van der Waals surface area contributed by atoms with E-state index in [0.717, 1.165) is 10.7 Å². The second-order valence-corrected chi connectivity index (χ2v) is 3.74. The van der Waals surface area contributed by atoms with Crippen molar-refractivity contribution in [2.75, 3.05) is 0 Å². The SMILES string of the molecule is CC1=NN/C(=N/c2ccccc2)NS1. The molecule has 0 aromatic heterocycles. The van der Waals surface area contributed by atoms with Gasteiger partial charge >= 0.3 is 0 Å². The normalized spacial score (nSPS) is 18.4. The Hall–Kier alpha value is -1.49. The van der Waals surface area contributed by atoms with E-state index in [1.54, 1.807) is 0 Å². The lowest BCUT2D eigenvalue weighted by atomic mass is 10.3. The summed E-state index contributed by atoms with van der Waals surface area (Å²) in [5.74, 6) is 0.659. The van der Waals surface area contributed by atoms with Gasteiger partial charge in [-0.1, -0.05) is 18.2 Å². The van der Waals surface area contributed by atoms with E-state index < -0.39 is 0 Å². The molecule has 0 bridgehead atoms. The smallest absolute Gasteiger partial charge is 0.227 e. The van der Waals surface area contributed by atoms with Crippen LogP contribution in [0, 0.1) is 0 Å². The van der Waals surface area contributed by atoms with Gasteiger partial charge in [-0.05, 0) is 19.1 Å². The van der Waals surface area contributed by atoms with Crippen LogP contribution < -0.4 is 10.1 Å². The lowest BCUT2D eigenvalue weighted by Gasteiger charge is -2.13. The molecule has 1 aromatic rings. The second-order valence-electron chi connectivity index (χ2n) is 2.74. The fourth-order valence-electron chi connectivity index (χ4n) is 0.979. The second kappa shape index (κ2) is 4.15. The molecule has 1 aliphatic heterocycles. The van der Waals surface area contributed by atoms with Crippen LogP contribution in [0.2, 0.25) is 0 Å². The Morgan fingerprint density at radius 3 is 2.71 bits per heavy atom. The number of nitrogens with one attached hydrogen (secondary N) is 2. The molecule has 0 saturated carbocycles. The quantitative estimate of drug-likeness (QED) is 0.689. The monoisotopic (exact) mass is 206 g/mol. The van der Waals surface area contributed by atoms with Crippen LogP contribution in [0.4, 0.5) is 5.69 Å². The van der Waals surface area contributed by atoms with E-state index in [4.69, 9.17) is 0 Å². The van der Waals surface area contributed by atoms with Crippen molar-refractivity contribution in [2.45, 2.75) is 6.92 Å². The molecule has 0 unspecified atom stereocenters. The van der Waals surface area contributed by atoms with Crippen molar-refractivity contribution in [1.82, 2.24) is 10.1 Å². The van der Waals surface area contributed by atoms with Crippen molar-refractivity contribution in [3.05, 3.63) is 30.3 Å². The maximum atomic E-state index is 4.32. The molecule has 0 atom stereocenters. The van der Waals surface area contributed by atoms with Gasteiger partial charge in [0.2, 0.25) is 5.96 Å². The zero-order valence-corrected chi connectivity index (χ0v) is 8.51. The standard InChI is InChI=1S/C9H10N4S/c1-7-11-12-9(13-14-7)10-8-5-3-2-4-6-8/h2-6H,1H3,(H2,10,12,13). The van der Waals surface area contributed by atoms with E-state index in [9.17, 15) is 0 Å². The number of hydrazone groups is 1. The number of rotatable bonds is 1. The molecule has 2 rings (SSSR count). The molecule has 0 aliphatic carbocycles. The van der Waals surface area contributed by atoms with Crippen LogP contribution in [0.3, 0.4) is 0 Å². The van der Waals surface area contributed by atoms with Crippen molar-refractivity contribution >= 4 is 28.6 Å². The van der Waals surface area contributed by atoms with Crippen molar-refractivity contribution in [3.8, 4) is 0 Å². The average Bonchev–Trinajstić information content (AvgIpc) is 2.23. The molecule has 1 aromatic carbocycles. The summed E-state index contributed by atoms with van der Waals surface area (Å²) in [4.78, 5) is 4.32. The van der Waals surface area contributed by atoms with E-state index in [2.05, 4.69) is 20.2 Å². The molecule has 2 N–H and O–H groups in total. The van der Waals surface area contributed by atoms with Gasteiger partial charge in [-0.3, -0.25) is 4.72 Å². The lowest BCUT2D eigenvalue weighted by molar-refractivity contribution is 0.986. The van der Waals surface area contributed by atoms with E-state index in [1.807, 2.05) is 37.3 Å². The highest BCUT2D eigenvalue weighted by molar-refractivity contribution is 8.12.